The Bertz CT molecular complexity index is 747. The van der Waals surface area contributed by atoms with E-state index in [0.29, 0.717) is 12.3 Å². The highest BCUT2D eigenvalue weighted by Crippen LogP contribution is 2.26. The molecule has 1 saturated heterocycles. The summed E-state index contributed by atoms with van der Waals surface area (Å²) >= 11 is 1.51. The average molecular weight is 392 g/mol. The maximum Gasteiger partial charge on any atom is 0.228 e. The number of likely N-dealkylation sites (tertiary alicyclic amines) is 1. The van der Waals surface area contributed by atoms with Gasteiger partial charge in [0, 0.05) is 25.5 Å². The monoisotopic (exact) mass is 391 g/mol. The lowest BCUT2D eigenvalue weighted by molar-refractivity contribution is -0.130. The summed E-state index contributed by atoms with van der Waals surface area (Å²) in [5.74, 6) is 2.25. The van der Waals surface area contributed by atoms with Crippen LogP contribution in [-0.2, 0) is 11.2 Å². The van der Waals surface area contributed by atoms with Gasteiger partial charge in [-0.3, -0.25) is 4.79 Å². The Morgan fingerprint density at radius 3 is 2.81 bits per heavy atom. The average Bonchev–Trinajstić information content (AvgIpc) is 3.25. The fourth-order valence-electron chi connectivity index (χ4n) is 3.56. The molecule has 1 aliphatic heterocycles. The first-order chi connectivity index (χ1) is 12.9. The van der Waals surface area contributed by atoms with Gasteiger partial charge in [0.15, 0.2) is 10.8 Å². The van der Waals surface area contributed by atoms with Gasteiger partial charge < -0.3 is 19.3 Å². The van der Waals surface area contributed by atoms with Crippen molar-refractivity contribution in [3.05, 3.63) is 29.0 Å². The van der Waals surface area contributed by atoms with Gasteiger partial charge in [-0.15, -0.1) is 11.3 Å². The quantitative estimate of drug-likeness (QED) is 0.786. The lowest BCUT2D eigenvalue weighted by Gasteiger charge is -2.34. The number of β-amino-alcohol motifs (C(OH)–C–C–N with tert-alkyl or cyclic N) is 1. The molecule has 2 aromatic heterocycles. The van der Waals surface area contributed by atoms with Gasteiger partial charge in [0.1, 0.15) is 5.76 Å². The molecule has 0 spiro atoms. The van der Waals surface area contributed by atoms with Crippen LogP contribution in [0, 0.1) is 12.8 Å². The first kappa shape index (κ1) is 20.0. The SMILES string of the molecule is Cc1ccc(-c2nc(CC(=O)N(C)CC3CCN(C[C@@H](C)O)CC3)cs2)o1. The summed E-state index contributed by atoms with van der Waals surface area (Å²) in [6.45, 7) is 7.25. The predicted octanol–water partition coefficient (Wildman–Crippen LogP) is 2.81. The van der Waals surface area contributed by atoms with Crippen LogP contribution in [-0.4, -0.2) is 65.1 Å². The third-order valence-electron chi connectivity index (χ3n) is 5.02. The van der Waals surface area contributed by atoms with Gasteiger partial charge in [-0.25, -0.2) is 4.98 Å². The van der Waals surface area contributed by atoms with Crippen molar-refractivity contribution in [3.63, 3.8) is 0 Å². The van der Waals surface area contributed by atoms with Crippen LogP contribution >= 0.6 is 11.3 Å². The Hall–Kier alpha value is -1.70. The minimum absolute atomic E-state index is 0.105. The fourth-order valence-corrected chi connectivity index (χ4v) is 4.33. The van der Waals surface area contributed by atoms with Crippen molar-refractivity contribution in [2.45, 2.75) is 39.2 Å². The summed E-state index contributed by atoms with van der Waals surface area (Å²) in [5.41, 5.74) is 0.799. The predicted molar refractivity (Wildman–Crippen MR) is 107 cm³/mol. The number of nitrogens with zero attached hydrogens (tertiary/aromatic N) is 3. The number of amides is 1. The van der Waals surface area contributed by atoms with E-state index in [2.05, 4.69) is 9.88 Å². The zero-order chi connectivity index (χ0) is 19.4. The number of aromatic nitrogens is 1. The third-order valence-corrected chi connectivity index (χ3v) is 5.93. The van der Waals surface area contributed by atoms with Crippen LogP contribution in [0.5, 0.6) is 0 Å². The number of aryl methyl sites for hydroxylation is 1. The van der Waals surface area contributed by atoms with E-state index in [1.807, 2.05) is 43.3 Å². The number of hydrogen-bond acceptors (Lipinski definition) is 6. The molecule has 3 rings (SSSR count). The summed E-state index contributed by atoms with van der Waals surface area (Å²) in [7, 11) is 1.88. The molecule has 1 N–H and O–H groups in total. The van der Waals surface area contributed by atoms with Crippen molar-refractivity contribution in [2.24, 2.45) is 5.92 Å². The smallest absolute Gasteiger partial charge is 0.228 e. The van der Waals surface area contributed by atoms with Crippen molar-refractivity contribution in [3.8, 4) is 10.8 Å². The molecule has 6 nitrogen and oxygen atoms in total. The molecule has 3 heterocycles. The highest BCUT2D eigenvalue weighted by molar-refractivity contribution is 7.13. The molecule has 0 bridgehead atoms. The van der Waals surface area contributed by atoms with Gasteiger partial charge >= 0.3 is 0 Å². The van der Waals surface area contributed by atoms with Crippen molar-refractivity contribution < 1.29 is 14.3 Å². The van der Waals surface area contributed by atoms with Crippen LogP contribution in [0.2, 0.25) is 0 Å². The van der Waals surface area contributed by atoms with Crippen molar-refractivity contribution in [1.29, 1.82) is 0 Å². The number of furan rings is 1. The number of carbonyl (C=O) groups is 1. The number of piperidine rings is 1. The Kier molecular flexibility index (Phi) is 6.68. The van der Waals surface area contributed by atoms with E-state index in [1.54, 1.807) is 0 Å². The van der Waals surface area contributed by atoms with Crippen LogP contribution in [0.3, 0.4) is 0 Å². The van der Waals surface area contributed by atoms with Gasteiger partial charge in [-0.2, -0.15) is 0 Å². The highest BCUT2D eigenvalue weighted by atomic mass is 32.1. The van der Waals surface area contributed by atoms with Gasteiger partial charge in [0.2, 0.25) is 5.91 Å². The molecule has 0 aliphatic carbocycles. The molecule has 0 radical (unpaired) electrons. The molecule has 2 aromatic rings. The minimum atomic E-state index is -0.279. The number of aliphatic hydroxyl groups excluding tert-OH is 1. The standard InChI is InChI=1S/C20H29N3O3S/c1-14(24)11-23-8-6-16(7-9-23)12-22(3)19(25)10-17-13-27-20(21-17)18-5-4-15(2)26-18/h4-5,13-14,16,24H,6-12H2,1-3H3/t14-/m1/s1. The molecule has 1 fully saturated rings. The van der Waals surface area contributed by atoms with Gasteiger partial charge in [0.05, 0.1) is 18.2 Å². The molecular formula is C20H29N3O3S. The van der Waals surface area contributed by atoms with Crippen LogP contribution < -0.4 is 0 Å². The van der Waals surface area contributed by atoms with E-state index in [-0.39, 0.29) is 12.0 Å². The number of thiazole rings is 1. The van der Waals surface area contributed by atoms with Crippen LogP contribution in [0.1, 0.15) is 31.2 Å². The van der Waals surface area contributed by atoms with Gasteiger partial charge in [-0.1, -0.05) is 0 Å². The van der Waals surface area contributed by atoms with Crippen LogP contribution in [0.15, 0.2) is 21.9 Å². The Balaban J connectivity index is 1.46. The molecule has 148 valence electrons. The van der Waals surface area contributed by atoms with Crippen molar-refractivity contribution in [1.82, 2.24) is 14.8 Å². The first-order valence-corrected chi connectivity index (χ1v) is 10.4. The van der Waals surface area contributed by atoms with Gasteiger partial charge in [-0.05, 0) is 57.8 Å². The Morgan fingerprint density at radius 1 is 1.44 bits per heavy atom. The second kappa shape index (κ2) is 8.99. The molecule has 27 heavy (non-hydrogen) atoms. The molecule has 0 saturated carbocycles. The van der Waals surface area contributed by atoms with E-state index in [0.717, 1.165) is 61.2 Å². The molecule has 0 aromatic carbocycles. The van der Waals surface area contributed by atoms with Gasteiger partial charge in [0.25, 0.3) is 0 Å². The van der Waals surface area contributed by atoms with E-state index >= 15 is 0 Å². The number of likely N-dealkylation sites (N-methyl/N-ethyl adjacent to an activating group) is 1. The number of aliphatic hydroxyl groups is 1. The van der Waals surface area contributed by atoms with E-state index in [9.17, 15) is 9.90 Å². The summed E-state index contributed by atoms with van der Waals surface area (Å²) < 4.78 is 5.60. The number of hydrogen-bond donors (Lipinski definition) is 1. The largest absolute Gasteiger partial charge is 0.459 e. The van der Waals surface area contributed by atoms with Crippen LogP contribution in [0.25, 0.3) is 10.8 Å². The van der Waals surface area contributed by atoms with Crippen molar-refractivity contribution in [2.75, 3.05) is 33.2 Å². The summed E-state index contributed by atoms with van der Waals surface area (Å²) in [5, 5.41) is 12.3. The second-order valence-corrected chi connectivity index (χ2v) is 8.46. The second-order valence-electron chi connectivity index (χ2n) is 7.60. The number of rotatable bonds is 7. The lowest BCUT2D eigenvalue weighted by Crippen LogP contribution is -2.41. The zero-order valence-electron chi connectivity index (χ0n) is 16.4. The summed E-state index contributed by atoms with van der Waals surface area (Å²) in [6, 6.07) is 3.83. The van der Waals surface area contributed by atoms with Crippen LogP contribution in [0.4, 0.5) is 0 Å². The highest BCUT2D eigenvalue weighted by Gasteiger charge is 2.23. The fraction of sp³-hybridized carbons (Fsp3) is 0.600. The molecule has 7 heteroatoms. The molecule has 1 atom stereocenters. The topological polar surface area (TPSA) is 69.8 Å². The van der Waals surface area contributed by atoms with E-state index in [1.165, 1.54) is 11.3 Å². The van der Waals surface area contributed by atoms with E-state index < -0.39 is 0 Å². The maximum atomic E-state index is 12.6. The minimum Gasteiger partial charge on any atom is -0.459 e. The zero-order valence-corrected chi connectivity index (χ0v) is 17.2. The molecular weight excluding hydrogens is 362 g/mol. The normalized spacial score (nSPS) is 17.2. The molecule has 1 aliphatic rings. The molecule has 0 unspecified atom stereocenters. The molecule has 1 amide bonds. The Morgan fingerprint density at radius 2 is 2.19 bits per heavy atom. The summed E-state index contributed by atoms with van der Waals surface area (Å²) in [4.78, 5) is 21.3. The Labute approximate surface area is 164 Å². The van der Waals surface area contributed by atoms with Crippen molar-refractivity contribution >= 4 is 17.2 Å². The van der Waals surface area contributed by atoms with E-state index in [4.69, 9.17) is 4.42 Å². The maximum absolute atomic E-state index is 12.6. The number of carbonyl (C=O) groups excluding carboxylic acids is 1. The first-order valence-electron chi connectivity index (χ1n) is 9.56. The lowest BCUT2D eigenvalue weighted by atomic mass is 9.96. The summed E-state index contributed by atoms with van der Waals surface area (Å²) in [6.07, 6.45) is 2.19. The third kappa shape index (κ3) is 5.64.